The number of pyridine rings is 1. The molecule has 3 rings (SSSR count). The highest BCUT2D eigenvalue weighted by Gasteiger charge is 2.46. The van der Waals surface area contributed by atoms with Gasteiger partial charge >= 0.3 is 0 Å². The van der Waals surface area contributed by atoms with Crippen LogP contribution in [0.15, 0.2) is 12.3 Å². The molecule has 1 saturated heterocycles. The van der Waals surface area contributed by atoms with Crippen LogP contribution in [0.3, 0.4) is 0 Å². The van der Waals surface area contributed by atoms with Crippen LogP contribution >= 0.6 is 0 Å². The summed E-state index contributed by atoms with van der Waals surface area (Å²) in [6.07, 6.45) is 4.92. The summed E-state index contributed by atoms with van der Waals surface area (Å²) < 4.78 is 15.7. The van der Waals surface area contributed by atoms with Crippen LogP contribution in [0.2, 0.25) is 0 Å². The van der Waals surface area contributed by atoms with Gasteiger partial charge in [-0.2, -0.15) is 0 Å². The van der Waals surface area contributed by atoms with Gasteiger partial charge in [0.1, 0.15) is 0 Å². The Morgan fingerprint density at radius 1 is 1.43 bits per heavy atom. The van der Waals surface area contributed by atoms with Crippen molar-refractivity contribution in [2.24, 2.45) is 5.41 Å². The monoisotopic (exact) mass is 337 g/mol. The largest absolute Gasteiger partial charge is 0.390 e. The molecule has 0 saturated carbocycles. The van der Waals surface area contributed by atoms with E-state index in [0.29, 0.717) is 0 Å². The zero-order valence-electron chi connectivity index (χ0n) is 14.2. The first kappa shape index (κ1) is 17.0. The predicted octanol–water partition coefficient (Wildman–Crippen LogP) is 1.07. The first-order valence-electron chi connectivity index (χ1n) is 8.30. The molecule has 128 valence electrons. The van der Waals surface area contributed by atoms with Gasteiger partial charge in [0, 0.05) is 18.8 Å². The molecule has 5 nitrogen and oxygen atoms in total. The molecule has 1 aliphatic carbocycles. The number of hydrogen-bond donors (Lipinski definition) is 3. The Morgan fingerprint density at radius 2 is 2.17 bits per heavy atom. The highest BCUT2D eigenvalue weighted by atomic mass is 32.2. The second-order valence-electron chi connectivity index (χ2n) is 7.82. The van der Waals surface area contributed by atoms with E-state index in [-0.39, 0.29) is 22.8 Å². The topological polar surface area (TPSA) is 74.2 Å². The van der Waals surface area contributed by atoms with Crippen molar-refractivity contribution >= 4 is 11.0 Å². The van der Waals surface area contributed by atoms with Crippen LogP contribution < -0.4 is 10.0 Å². The van der Waals surface area contributed by atoms with E-state index in [1.54, 1.807) is 0 Å². The lowest BCUT2D eigenvalue weighted by Crippen LogP contribution is -2.58. The Balaban J connectivity index is 1.83. The molecular weight excluding hydrogens is 310 g/mol. The van der Waals surface area contributed by atoms with Gasteiger partial charge in [0.15, 0.2) is 0 Å². The lowest BCUT2D eigenvalue weighted by atomic mass is 9.73. The second-order valence-corrected chi connectivity index (χ2v) is 9.82. The molecule has 1 fully saturated rings. The maximum absolute atomic E-state index is 12.6. The molecule has 1 spiro atoms. The van der Waals surface area contributed by atoms with Crippen molar-refractivity contribution in [2.45, 2.75) is 57.4 Å². The summed E-state index contributed by atoms with van der Waals surface area (Å²) in [5.41, 5.74) is 3.40. The van der Waals surface area contributed by atoms with Gasteiger partial charge in [0.05, 0.1) is 28.0 Å². The first-order chi connectivity index (χ1) is 10.8. The van der Waals surface area contributed by atoms with Crippen molar-refractivity contribution < 1.29 is 9.32 Å². The first-order valence-corrected chi connectivity index (χ1v) is 9.45. The lowest BCUT2D eigenvalue weighted by molar-refractivity contribution is 0.166. The van der Waals surface area contributed by atoms with E-state index in [9.17, 15) is 9.32 Å². The van der Waals surface area contributed by atoms with Gasteiger partial charge in [-0.1, -0.05) is 0 Å². The molecule has 1 aromatic heterocycles. The van der Waals surface area contributed by atoms with E-state index < -0.39 is 11.0 Å². The number of aliphatic hydroxyl groups excluding tert-OH is 1. The van der Waals surface area contributed by atoms with Crippen molar-refractivity contribution in [2.75, 3.05) is 13.1 Å². The van der Waals surface area contributed by atoms with Gasteiger partial charge in [-0.25, -0.2) is 8.93 Å². The molecule has 1 aliphatic heterocycles. The molecule has 0 aromatic carbocycles. The Labute approximate surface area is 140 Å². The Bertz CT molecular complexity index is 614. The summed E-state index contributed by atoms with van der Waals surface area (Å²) in [7, 11) is -1.07. The number of piperidine rings is 1. The van der Waals surface area contributed by atoms with Crippen LogP contribution in [-0.2, 0) is 30.4 Å². The number of rotatable bonds is 3. The minimum atomic E-state index is -1.07. The fraction of sp³-hybridized carbons (Fsp3) is 0.706. The highest BCUT2D eigenvalue weighted by Crippen LogP contribution is 2.43. The molecule has 3 unspecified atom stereocenters. The van der Waals surface area contributed by atoms with Crippen LogP contribution in [0.4, 0.5) is 0 Å². The van der Waals surface area contributed by atoms with E-state index in [0.717, 1.165) is 38.0 Å². The zero-order valence-corrected chi connectivity index (χ0v) is 15.0. The average molecular weight is 337 g/mol. The molecular formula is C17H27N3O2S. The number of fused-ring (bicyclic) bond motifs is 1. The summed E-state index contributed by atoms with van der Waals surface area (Å²) in [5.74, 6) is 0. The van der Waals surface area contributed by atoms with E-state index in [1.807, 2.05) is 33.0 Å². The number of nitrogens with zero attached hydrogens (tertiary/aromatic N) is 1. The Kier molecular flexibility index (Phi) is 4.62. The maximum Gasteiger partial charge on any atom is 0.0973 e. The quantitative estimate of drug-likeness (QED) is 0.771. The van der Waals surface area contributed by atoms with Gasteiger partial charge in [-0.15, -0.1) is 0 Å². The van der Waals surface area contributed by atoms with Gasteiger partial charge in [0.2, 0.25) is 0 Å². The third-order valence-electron chi connectivity index (χ3n) is 5.08. The Morgan fingerprint density at radius 3 is 2.87 bits per heavy atom. The summed E-state index contributed by atoms with van der Waals surface area (Å²) in [4.78, 5) is 4.33. The van der Waals surface area contributed by atoms with Crippen LogP contribution in [0.5, 0.6) is 0 Å². The predicted molar refractivity (Wildman–Crippen MR) is 92.3 cm³/mol. The lowest BCUT2D eigenvalue weighted by Gasteiger charge is -2.43. The van der Waals surface area contributed by atoms with Gasteiger partial charge in [-0.3, -0.25) is 4.98 Å². The average Bonchev–Trinajstić information content (AvgIpc) is 2.86. The molecule has 3 atom stereocenters. The summed E-state index contributed by atoms with van der Waals surface area (Å²) >= 11 is 0. The molecule has 1 aromatic rings. The van der Waals surface area contributed by atoms with E-state index in [1.165, 1.54) is 11.1 Å². The van der Waals surface area contributed by atoms with E-state index in [4.69, 9.17) is 0 Å². The van der Waals surface area contributed by atoms with Crippen molar-refractivity contribution in [1.82, 2.24) is 15.0 Å². The third-order valence-corrected chi connectivity index (χ3v) is 6.69. The molecule has 0 radical (unpaired) electrons. The fourth-order valence-corrected chi connectivity index (χ4v) is 4.62. The minimum Gasteiger partial charge on any atom is -0.390 e. The van der Waals surface area contributed by atoms with E-state index in [2.05, 4.69) is 15.0 Å². The van der Waals surface area contributed by atoms with Crippen molar-refractivity contribution in [3.05, 3.63) is 29.1 Å². The van der Waals surface area contributed by atoms with Crippen LogP contribution in [0, 0.1) is 5.41 Å². The number of hydrogen-bond acceptors (Lipinski definition) is 4. The van der Waals surface area contributed by atoms with Crippen LogP contribution in [0.25, 0.3) is 0 Å². The van der Waals surface area contributed by atoms with Crippen LogP contribution in [0.1, 0.15) is 44.0 Å². The number of aliphatic hydroxyl groups is 1. The zero-order chi connectivity index (χ0) is 16.7. The van der Waals surface area contributed by atoms with Crippen molar-refractivity contribution in [3.63, 3.8) is 0 Å². The van der Waals surface area contributed by atoms with Gasteiger partial charge in [0.25, 0.3) is 0 Å². The number of nitrogens with one attached hydrogen (secondary N) is 2. The molecule has 23 heavy (non-hydrogen) atoms. The Hall–Kier alpha value is -0.820. The molecule has 3 N–H and O–H groups in total. The second kappa shape index (κ2) is 6.24. The smallest absolute Gasteiger partial charge is 0.0973 e. The highest BCUT2D eigenvalue weighted by molar-refractivity contribution is 7.84. The minimum absolute atomic E-state index is 0.0163. The van der Waals surface area contributed by atoms with Crippen LogP contribution in [-0.4, -0.2) is 38.2 Å². The maximum atomic E-state index is 12.6. The SMILES string of the molecule is CC(C)(C)S(=O)NC1CNCCC12Cc1cnc(CO)cc1C2. The van der Waals surface area contributed by atoms with E-state index >= 15 is 0 Å². The van der Waals surface area contributed by atoms with Crippen molar-refractivity contribution in [3.8, 4) is 0 Å². The molecule has 0 amide bonds. The summed E-state index contributed by atoms with van der Waals surface area (Å²) in [6, 6.07) is 2.21. The summed E-state index contributed by atoms with van der Waals surface area (Å²) in [6.45, 7) is 7.82. The molecule has 6 heteroatoms. The molecule has 0 bridgehead atoms. The third kappa shape index (κ3) is 3.36. The van der Waals surface area contributed by atoms with Gasteiger partial charge in [-0.05, 0) is 69.2 Å². The molecule has 2 heterocycles. The van der Waals surface area contributed by atoms with Gasteiger partial charge < -0.3 is 10.4 Å². The normalized spacial score (nSPS) is 28.8. The summed E-state index contributed by atoms with van der Waals surface area (Å²) in [5, 5.41) is 12.7. The van der Waals surface area contributed by atoms with Crippen molar-refractivity contribution in [1.29, 1.82) is 0 Å². The molecule has 2 aliphatic rings. The number of aromatic nitrogens is 1. The fourth-order valence-electron chi connectivity index (χ4n) is 3.68. The standard InChI is InChI=1S/C17H27N3O2S/c1-16(2,3)23(22)20-15-10-18-5-4-17(15)7-12-6-14(11-21)19-9-13(12)8-17/h6,9,15,18,20-21H,4-5,7-8,10-11H2,1-3H3.